The number of hydrogen-bond donors (Lipinski definition) is 1. The maximum Gasteiger partial charge on any atom is 0.0891 e. The predicted octanol–water partition coefficient (Wildman–Crippen LogP) is 0.802. The van der Waals surface area contributed by atoms with Crippen LogP contribution < -0.4 is 5.73 Å². The molecule has 2 heterocycles. The van der Waals surface area contributed by atoms with Crippen LogP contribution in [0.4, 0.5) is 0 Å². The van der Waals surface area contributed by atoms with E-state index in [0.29, 0.717) is 4.99 Å². The molecule has 110 valence electrons. The van der Waals surface area contributed by atoms with E-state index in [2.05, 4.69) is 16.1 Å². The Labute approximate surface area is 126 Å². The van der Waals surface area contributed by atoms with E-state index in [1.165, 1.54) is 0 Å². The Morgan fingerprint density at radius 1 is 1.16 bits per heavy atom. The van der Waals surface area contributed by atoms with Crippen molar-refractivity contribution >= 4 is 29.0 Å². The first kappa shape index (κ1) is 15.5. The number of ether oxygens (including phenoxy) is 1. The second-order valence-electron chi connectivity index (χ2n) is 5.36. The lowest BCUT2D eigenvalue weighted by Crippen LogP contribution is -2.51. The number of nitrogens with zero attached hydrogens (tertiary/aromatic N) is 2. The van der Waals surface area contributed by atoms with E-state index in [-0.39, 0.29) is 4.75 Å². The molecule has 0 radical (unpaired) electrons. The zero-order valence-corrected chi connectivity index (χ0v) is 13.4. The van der Waals surface area contributed by atoms with Crippen molar-refractivity contribution in [2.45, 2.75) is 17.6 Å². The summed E-state index contributed by atoms with van der Waals surface area (Å²) >= 11 is 7.08. The van der Waals surface area contributed by atoms with Gasteiger partial charge in [-0.2, -0.15) is 11.8 Å². The minimum absolute atomic E-state index is 0.0464. The van der Waals surface area contributed by atoms with Crippen LogP contribution in [0.25, 0.3) is 0 Å². The Kier molecular flexibility index (Phi) is 5.89. The average molecular weight is 303 g/mol. The summed E-state index contributed by atoms with van der Waals surface area (Å²) in [5.74, 6) is 0. The first-order chi connectivity index (χ1) is 9.16. The molecule has 0 aromatic carbocycles. The van der Waals surface area contributed by atoms with Crippen molar-refractivity contribution in [3.05, 3.63) is 0 Å². The summed E-state index contributed by atoms with van der Waals surface area (Å²) in [4.78, 5) is 5.73. The molecular formula is C13H25N3OS2. The lowest BCUT2D eigenvalue weighted by atomic mass is 9.95. The van der Waals surface area contributed by atoms with E-state index in [1.807, 2.05) is 11.8 Å². The van der Waals surface area contributed by atoms with E-state index < -0.39 is 0 Å². The predicted molar refractivity (Wildman–Crippen MR) is 86.0 cm³/mol. The fourth-order valence-electron chi connectivity index (χ4n) is 2.80. The minimum Gasteiger partial charge on any atom is -0.392 e. The molecule has 0 amide bonds. The molecule has 2 N–H and O–H groups in total. The standard InChI is InChI=1S/C13H25N3OS2/c1-19-13(12(14)18)2-4-15(5-3-13)6-7-16-8-10-17-11-9-16/h2-11H2,1H3,(H2,14,18). The first-order valence-corrected chi connectivity index (χ1v) is 8.67. The Hall–Kier alpha value is 0.120. The van der Waals surface area contributed by atoms with Gasteiger partial charge in [-0.15, -0.1) is 0 Å². The van der Waals surface area contributed by atoms with Crippen LogP contribution >= 0.6 is 24.0 Å². The summed E-state index contributed by atoms with van der Waals surface area (Å²) in [6.07, 6.45) is 4.31. The van der Waals surface area contributed by atoms with Gasteiger partial charge in [0.2, 0.25) is 0 Å². The molecule has 19 heavy (non-hydrogen) atoms. The van der Waals surface area contributed by atoms with E-state index in [4.69, 9.17) is 22.7 Å². The number of nitrogens with two attached hydrogens (primary N) is 1. The smallest absolute Gasteiger partial charge is 0.0891 e. The van der Waals surface area contributed by atoms with Crippen LogP contribution in [0.2, 0.25) is 0 Å². The van der Waals surface area contributed by atoms with Gasteiger partial charge in [-0.3, -0.25) is 4.90 Å². The summed E-state index contributed by atoms with van der Waals surface area (Å²) < 4.78 is 5.42. The van der Waals surface area contributed by atoms with Crippen LogP contribution in [0.3, 0.4) is 0 Å². The number of thioether (sulfide) groups is 1. The quantitative estimate of drug-likeness (QED) is 0.758. The van der Waals surface area contributed by atoms with E-state index in [1.54, 1.807) is 0 Å². The fourth-order valence-corrected chi connectivity index (χ4v) is 4.04. The highest BCUT2D eigenvalue weighted by molar-refractivity contribution is 8.02. The van der Waals surface area contributed by atoms with E-state index in [0.717, 1.165) is 65.3 Å². The SMILES string of the molecule is CSC1(C(N)=S)CCN(CCN2CCOCC2)CC1. The van der Waals surface area contributed by atoms with Gasteiger partial charge in [0.1, 0.15) is 0 Å². The number of thiocarbonyl (C=S) groups is 1. The lowest BCUT2D eigenvalue weighted by molar-refractivity contribution is 0.0322. The maximum absolute atomic E-state index is 5.92. The summed E-state index contributed by atoms with van der Waals surface area (Å²) in [7, 11) is 0. The molecule has 0 aliphatic carbocycles. The second kappa shape index (κ2) is 7.22. The topological polar surface area (TPSA) is 41.7 Å². The number of piperidine rings is 1. The van der Waals surface area contributed by atoms with Gasteiger partial charge >= 0.3 is 0 Å². The van der Waals surface area contributed by atoms with Crippen LogP contribution in [0, 0.1) is 0 Å². The van der Waals surface area contributed by atoms with E-state index >= 15 is 0 Å². The molecule has 0 spiro atoms. The highest BCUT2D eigenvalue weighted by Gasteiger charge is 2.36. The van der Waals surface area contributed by atoms with Crippen molar-refractivity contribution in [1.82, 2.24) is 9.80 Å². The maximum atomic E-state index is 5.92. The third-order valence-corrected chi connectivity index (χ3v) is 6.27. The number of rotatable bonds is 5. The molecule has 0 unspecified atom stereocenters. The lowest BCUT2D eigenvalue weighted by Gasteiger charge is -2.40. The van der Waals surface area contributed by atoms with Gasteiger partial charge in [-0.05, 0) is 32.2 Å². The Morgan fingerprint density at radius 2 is 1.68 bits per heavy atom. The molecule has 2 rings (SSSR count). The van der Waals surface area contributed by atoms with Gasteiger partial charge in [-0.1, -0.05) is 12.2 Å². The van der Waals surface area contributed by atoms with Crippen LogP contribution in [0.5, 0.6) is 0 Å². The number of likely N-dealkylation sites (tertiary alicyclic amines) is 1. The summed E-state index contributed by atoms with van der Waals surface area (Å²) in [5, 5.41) is 0. The Morgan fingerprint density at radius 3 is 2.16 bits per heavy atom. The zero-order chi connectivity index (χ0) is 13.7. The van der Waals surface area contributed by atoms with Crippen molar-refractivity contribution in [1.29, 1.82) is 0 Å². The molecule has 2 aliphatic rings. The largest absolute Gasteiger partial charge is 0.392 e. The monoisotopic (exact) mass is 303 g/mol. The molecule has 0 bridgehead atoms. The average Bonchev–Trinajstić information content (AvgIpc) is 2.46. The number of morpholine rings is 1. The Balaban J connectivity index is 1.72. The molecule has 4 nitrogen and oxygen atoms in total. The van der Waals surface area contributed by atoms with Crippen LogP contribution in [-0.2, 0) is 4.74 Å². The molecule has 0 aromatic heterocycles. The molecule has 2 aliphatic heterocycles. The van der Waals surface area contributed by atoms with Gasteiger partial charge < -0.3 is 15.4 Å². The molecule has 0 saturated carbocycles. The van der Waals surface area contributed by atoms with Crippen molar-refractivity contribution in [3.8, 4) is 0 Å². The molecule has 0 atom stereocenters. The van der Waals surface area contributed by atoms with Crippen LogP contribution in [0.15, 0.2) is 0 Å². The number of hydrogen-bond acceptors (Lipinski definition) is 5. The van der Waals surface area contributed by atoms with Gasteiger partial charge in [0.15, 0.2) is 0 Å². The minimum atomic E-state index is 0.0464. The van der Waals surface area contributed by atoms with Crippen molar-refractivity contribution < 1.29 is 4.74 Å². The molecular weight excluding hydrogens is 278 g/mol. The first-order valence-electron chi connectivity index (χ1n) is 7.04. The molecule has 2 fully saturated rings. The second-order valence-corrected chi connectivity index (χ2v) is 6.99. The van der Waals surface area contributed by atoms with Crippen molar-refractivity contribution in [2.75, 3.05) is 58.7 Å². The molecule has 0 aromatic rings. The normalized spacial score (nSPS) is 25.3. The van der Waals surface area contributed by atoms with Gasteiger partial charge in [0.05, 0.1) is 22.9 Å². The Bertz CT molecular complexity index is 300. The fraction of sp³-hybridized carbons (Fsp3) is 0.923. The van der Waals surface area contributed by atoms with E-state index in [9.17, 15) is 0 Å². The summed E-state index contributed by atoms with van der Waals surface area (Å²) in [6.45, 7) is 8.47. The van der Waals surface area contributed by atoms with Crippen molar-refractivity contribution in [2.24, 2.45) is 5.73 Å². The highest BCUT2D eigenvalue weighted by atomic mass is 32.2. The third-order valence-electron chi connectivity index (χ3n) is 4.34. The molecule has 2 saturated heterocycles. The summed E-state index contributed by atoms with van der Waals surface area (Å²) in [5.41, 5.74) is 5.92. The van der Waals surface area contributed by atoms with Gasteiger partial charge in [0, 0.05) is 26.2 Å². The van der Waals surface area contributed by atoms with Crippen LogP contribution in [-0.4, -0.2) is 78.3 Å². The van der Waals surface area contributed by atoms with Crippen molar-refractivity contribution in [3.63, 3.8) is 0 Å². The zero-order valence-electron chi connectivity index (χ0n) is 11.8. The highest BCUT2D eigenvalue weighted by Crippen LogP contribution is 2.34. The molecule has 6 heteroatoms. The summed E-state index contributed by atoms with van der Waals surface area (Å²) in [6, 6.07) is 0. The third kappa shape index (κ3) is 4.04. The van der Waals surface area contributed by atoms with Gasteiger partial charge in [-0.25, -0.2) is 0 Å². The van der Waals surface area contributed by atoms with Crippen LogP contribution in [0.1, 0.15) is 12.8 Å². The van der Waals surface area contributed by atoms with Gasteiger partial charge in [0.25, 0.3) is 0 Å².